The number of ether oxygens (including phenoxy) is 2. The normalized spacial score (nSPS) is 11.1. The maximum atomic E-state index is 11.9. The van der Waals surface area contributed by atoms with Crippen LogP contribution in [0.25, 0.3) is 0 Å². The van der Waals surface area contributed by atoms with Crippen molar-refractivity contribution in [3.8, 4) is 5.75 Å². The Morgan fingerprint density at radius 2 is 2.00 bits per heavy atom. The van der Waals surface area contributed by atoms with Crippen LogP contribution in [0.1, 0.15) is 10.4 Å². The minimum absolute atomic E-state index is 0.0902. The van der Waals surface area contributed by atoms with Crippen molar-refractivity contribution in [1.82, 2.24) is 0 Å². The molecule has 0 aliphatic heterocycles. The Bertz CT molecular complexity index is 403. The maximum absolute atomic E-state index is 11.9. The molecule has 0 bridgehead atoms. The van der Waals surface area contributed by atoms with Gasteiger partial charge in [0.1, 0.15) is 5.75 Å². The van der Waals surface area contributed by atoms with Gasteiger partial charge in [-0.05, 0) is 18.2 Å². The summed E-state index contributed by atoms with van der Waals surface area (Å²) in [5.41, 5.74) is -0.0902. The molecular formula is C9H7F3O3S. The van der Waals surface area contributed by atoms with E-state index in [-0.39, 0.29) is 10.5 Å². The van der Waals surface area contributed by atoms with Crippen molar-refractivity contribution in [2.24, 2.45) is 0 Å². The van der Waals surface area contributed by atoms with E-state index < -0.39 is 18.1 Å². The number of hydrogen-bond acceptors (Lipinski definition) is 4. The molecule has 0 heterocycles. The van der Waals surface area contributed by atoms with Crippen LogP contribution in [0.5, 0.6) is 5.75 Å². The molecule has 0 atom stereocenters. The van der Waals surface area contributed by atoms with Crippen molar-refractivity contribution >= 4 is 18.6 Å². The number of methoxy groups -OCH3 is 1. The van der Waals surface area contributed by atoms with Crippen molar-refractivity contribution in [3.05, 3.63) is 23.8 Å². The molecule has 0 radical (unpaired) electrons. The van der Waals surface area contributed by atoms with Gasteiger partial charge in [0, 0.05) is 4.90 Å². The highest BCUT2D eigenvalue weighted by molar-refractivity contribution is 7.80. The Labute approximate surface area is 94.6 Å². The van der Waals surface area contributed by atoms with Crippen LogP contribution in [0, 0.1) is 0 Å². The van der Waals surface area contributed by atoms with Crippen molar-refractivity contribution in [2.45, 2.75) is 11.3 Å². The van der Waals surface area contributed by atoms with Crippen LogP contribution in [-0.2, 0) is 4.74 Å². The molecule has 0 spiro atoms. The van der Waals surface area contributed by atoms with Crippen LogP contribution in [-0.4, -0.2) is 19.4 Å². The van der Waals surface area contributed by atoms with Crippen LogP contribution < -0.4 is 4.74 Å². The molecule has 0 N–H and O–H groups in total. The van der Waals surface area contributed by atoms with Crippen molar-refractivity contribution < 1.29 is 27.4 Å². The highest BCUT2D eigenvalue weighted by Gasteiger charge is 2.31. The molecule has 7 heteroatoms. The number of carbonyl (C=O) groups excluding carboxylic acids is 1. The second kappa shape index (κ2) is 4.65. The Balaban J connectivity index is 3.03. The average Bonchev–Trinajstić information content (AvgIpc) is 2.18. The summed E-state index contributed by atoms with van der Waals surface area (Å²) in [5, 5.41) is 0. The first-order chi connectivity index (χ1) is 7.33. The molecule has 1 aromatic carbocycles. The van der Waals surface area contributed by atoms with Gasteiger partial charge in [0.05, 0.1) is 12.7 Å². The zero-order valence-corrected chi connectivity index (χ0v) is 8.93. The van der Waals surface area contributed by atoms with Crippen LogP contribution in [0.4, 0.5) is 13.2 Å². The van der Waals surface area contributed by atoms with Crippen molar-refractivity contribution in [1.29, 1.82) is 0 Å². The maximum Gasteiger partial charge on any atom is 0.573 e. The molecule has 0 unspecified atom stereocenters. The monoisotopic (exact) mass is 252 g/mol. The topological polar surface area (TPSA) is 35.5 Å². The summed E-state index contributed by atoms with van der Waals surface area (Å²) in [6.07, 6.45) is -4.80. The summed E-state index contributed by atoms with van der Waals surface area (Å²) in [4.78, 5) is 11.4. The number of benzene rings is 1. The number of halogens is 3. The smallest absolute Gasteiger partial charge is 0.465 e. The number of thiol groups is 1. The first kappa shape index (κ1) is 12.7. The standard InChI is InChI=1S/C9H7F3O3S/c1-14-8(13)6-4-5(2-3-7(6)16)15-9(10,11)12/h2-4,16H,1H3. The quantitative estimate of drug-likeness (QED) is 0.649. The molecule has 16 heavy (non-hydrogen) atoms. The molecule has 0 saturated heterocycles. The Morgan fingerprint density at radius 3 is 2.50 bits per heavy atom. The van der Waals surface area contributed by atoms with E-state index >= 15 is 0 Å². The summed E-state index contributed by atoms with van der Waals surface area (Å²) in [7, 11) is 1.12. The predicted octanol–water partition coefficient (Wildman–Crippen LogP) is 2.66. The summed E-state index contributed by atoms with van der Waals surface area (Å²) in [6.45, 7) is 0. The second-order valence-corrected chi connectivity index (χ2v) is 3.20. The van der Waals surface area contributed by atoms with Gasteiger partial charge in [-0.2, -0.15) is 0 Å². The molecule has 1 aromatic rings. The van der Waals surface area contributed by atoms with Gasteiger partial charge >= 0.3 is 12.3 Å². The van der Waals surface area contributed by atoms with E-state index in [0.717, 1.165) is 19.2 Å². The van der Waals surface area contributed by atoms with Crippen LogP contribution in [0.2, 0.25) is 0 Å². The fourth-order valence-corrected chi connectivity index (χ4v) is 1.22. The van der Waals surface area contributed by atoms with Gasteiger partial charge in [-0.15, -0.1) is 25.8 Å². The molecule has 0 saturated carbocycles. The summed E-state index contributed by atoms with van der Waals surface area (Å²) in [6, 6.07) is 3.19. The third kappa shape index (κ3) is 3.34. The summed E-state index contributed by atoms with van der Waals surface area (Å²) >= 11 is 3.91. The third-order valence-electron chi connectivity index (χ3n) is 1.61. The molecule has 0 aliphatic carbocycles. The second-order valence-electron chi connectivity index (χ2n) is 2.72. The van der Waals surface area contributed by atoms with E-state index in [1.54, 1.807) is 0 Å². The molecule has 0 aromatic heterocycles. The van der Waals surface area contributed by atoms with Gasteiger partial charge in [0.15, 0.2) is 0 Å². The Kier molecular flexibility index (Phi) is 3.69. The van der Waals surface area contributed by atoms with Gasteiger partial charge in [-0.3, -0.25) is 0 Å². The van der Waals surface area contributed by atoms with Gasteiger partial charge in [-0.1, -0.05) is 0 Å². The lowest BCUT2D eigenvalue weighted by Crippen LogP contribution is -2.17. The van der Waals surface area contributed by atoms with E-state index in [1.165, 1.54) is 6.07 Å². The van der Waals surface area contributed by atoms with Crippen molar-refractivity contribution in [2.75, 3.05) is 7.11 Å². The summed E-state index contributed by atoms with van der Waals surface area (Å²) < 4.78 is 43.7. The van der Waals surface area contributed by atoms with Gasteiger partial charge in [0.25, 0.3) is 0 Å². The largest absolute Gasteiger partial charge is 0.573 e. The number of rotatable bonds is 2. The molecule has 0 aliphatic rings. The van der Waals surface area contributed by atoms with Crippen LogP contribution in [0.15, 0.2) is 23.1 Å². The molecule has 88 valence electrons. The minimum atomic E-state index is -4.80. The molecule has 0 amide bonds. The average molecular weight is 252 g/mol. The minimum Gasteiger partial charge on any atom is -0.465 e. The molecule has 0 fully saturated rings. The van der Waals surface area contributed by atoms with Crippen molar-refractivity contribution in [3.63, 3.8) is 0 Å². The number of hydrogen-bond donors (Lipinski definition) is 1. The lowest BCUT2D eigenvalue weighted by atomic mass is 10.2. The zero-order valence-electron chi connectivity index (χ0n) is 8.04. The van der Waals surface area contributed by atoms with Crippen LogP contribution >= 0.6 is 12.6 Å². The van der Waals surface area contributed by atoms with Crippen LogP contribution in [0.3, 0.4) is 0 Å². The molecule has 3 nitrogen and oxygen atoms in total. The van der Waals surface area contributed by atoms with Gasteiger partial charge < -0.3 is 9.47 Å². The van der Waals surface area contributed by atoms with E-state index in [9.17, 15) is 18.0 Å². The Morgan fingerprint density at radius 1 is 1.38 bits per heavy atom. The summed E-state index contributed by atoms with van der Waals surface area (Å²) in [5.74, 6) is -1.27. The predicted molar refractivity (Wildman–Crippen MR) is 51.7 cm³/mol. The fraction of sp³-hybridized carbons (Fsp3) is 0.222. The van der Waals surface area contributed by atoms with E-state index in [0.29, 0.717) is 0 Å². The lowest BCUT2D eigenvalue weighted by molar-refractivity contribution is -0.274. The fourth-order valence-electron chi connectivity index (χ4n) is 0.986. The molecule has 1 rings (SSSR count). The Hall–Kier alpha value is -1.37. The number of alkyl halides is 3. The zero-order chi connectivity index (χ0) is 12.3. The van der Waals surface area contributed by atoms with E-state index in [4.69, 9.17) is 0 Å². The number of carbonyl (C=O) groups is 1. The van der Waals surface area contributed by atoms with Gasteiger partial charge in [-0.25, -0.2) is 4.79 Å². The third-order valence-corrected chi connectivity index (χ3v) is 2.00. The lowest BCUT2D eigenvalue weighted by Gasteiger charge is -2.10. The first-order valence-electron chi connectivity index (χ1n) is 4.00. The van der Waals surface area contributed by atoms with E-state index in [2.05, 4.69) is 22.1 Å². The SMILES string of the molecule is COC(=O)c1cc(OC(F)(F)F)ccc1S. The first-order valence-corrected chi connectivity index (χ1v) is 4.45. The highest BCUT2D eigenvalue weighted by atomic mass is 32.1. The highest BCUT2D eigenvalue weighted by Crippen LogP contribution is 2.26. The van der Waals surface area contributed by atoms with Gasteiger partial charge in [0.2, 0.25) is 0 Å². The van der Waals surface area contributed by atoms with E-state index in [1.807, 2.05) is 0 Å². The number of esters is 1. The molecular weight excluding hydrogens is 245 g/mol.